The fourth-order valence-corrected chi connectivity index (χ4v) is 22.0. The summed E-state index contributed by atoms with van der Waals surface area (Å²) < 4.78 is 113. The van der Waals surface area contributed by atoms with E-state index in [1.54, 1.807) is 0 Å². The van der Waals surface area contributed by atoms with Crippen LogP contribution >= 0.6 is 0 Å². The third-order valence-corrected chi connectivity index (χ3v) is 32.8. The van der Waals surface area contributed by atoms with Gasteiger partial charge in [0.25, 0.3) is 0 Å². The van der Waals surface area contributed by atoms with Crippen LogP contribution in [0.5, 0.6) is 0 Å². The molecule has 1 heterocycles. The summed E-state index contributed by atoms with van der Waals surface area (Å²) in [4.78, 5) is 0. The molecule has 2 unspecified atom stereocenters. The Bertz CT molecular complexity index is 2130. The van der Waals surface area contributed by atoms with E-state index in [0.717, 1.165) is 58.2 Å². The highest BCUT2D eigenvalue weighted by Gasteiger charge is 2.70. The van der Waals surface area contributed by atoms with E-state index in [1.165, 1.54) is 63.7 Å². The first-order valence-electron chi connectivity index (χ1n) is 32.3. The average Bonchev–Trinajstić information content (AvgIpc) is 4.16. The maximum atomic E-state index is 13.4. The highest BCUT2D eigenvalue weighted by molar-refractivity contribution is 6.74. The van der Waals surface area contributed by atoms with Gasteiger partial charge < -0.3 is 27.5 Å². The van der Waals surface area contributed by atoms with E-state index in [0.29, 0.717) is 42.6 Å². The van der Waals surface area contributed by atoms with Gasteiger partial charge in [-0.3, -0.25) is 0 Å². The van der Waals surface area contributed by atoms with Crippen LogP contribution in [0, 0.1) is 69.5 Å². The Morgan fingerprint density at radius 3 is 1.16 bits per heavy atom. The molecule has 1 N–H and O–H groups in total. The van der Waals surface area contributed by atoms with E-state index in [-0.39, 0.29) is 50.9 Å². The van der Waals surface area contributed by atoms with Crippen molar-refractivity contribution in [3.05, 3.63) is 0 Å². The Hall–Kier alpha value is -0.672. The predicted octanol–water partition coefficient (Wildman–Crippen LogP) is 20.9. The third kappa shape index (κ3) is 20.4. The fraction of sp³-hybridized carbons (Fsp3) is 0.940. The zero-order valence-corrected chi connectivity index (χ0v) is 61.4. The Morgan fingerprint density at radius 2 is 0.867 bits per heavy atom. The molecule has 6 nitrogen and oxygen atoms in total. The summed E-state index contributed by atoms with van der Waals surface area (Å²) >= 11 is 0. The summed E-state index contributed by atoms with van der Waals surface area (Å²) in [6.07, 6.45) is 14.4. The fourth-order valence-electron chi connectivity index (χ4n) is 15.7. The summed E-state index contributed by atoms with van der Waals surface area (Å²) in [6.45, 7) is 56.3. The largest absolute Gasteiger partial charge is 0.438 e. The molecule has 0 radical (unpaired) electrons. The molecule has 10 atom stereocenters. The molecule has 5 rings (SSSR count). The maximum absolute atomic E-state index is 13.4. The van der Waals surface area contributed by atoms with Crippen LogP contribution in [0.3, 0.4) is 0 Å². The summed E-state index contributed by atoms with van der Waals surface area (Å²) in [5, 5.41) is 10.0. The molecular weight excluding hydrogens is 1130 g/mol. The molecule has 1 aliphatic heterocycles. The number of halogens is 6. The number of rotatable bonds is 20. The molecule has 5 fully saturated rings. The minimum Gasteiger partial charge on any atom is -0.414 e. The van der Waals surface area contributed by atoms with Gasteiger partial charge in [0.15, 0.2) is 33.3 Å². The summed E-state index contributed by atoms with van der Waals surface area (Å²) in [5.41, 5.74) is -5.81. The molecule has 4 aliphatic carbocycles. The van der Waals surface area contributed by atoms with E-state index >= 15 is 0 Å². The smallest absolute Gasteiger partial charge is 0.414 e. The van der Waals surface area contributed by atoms with Crippen LogP contribution < -0.4 is 0 Å². The van der Waals surface area contributed by atoms with Crippen molar-refractivity contribution < 1.29 is 53.9 Å². The molecule has 83 heavy (non-hydrogen) atoms. The number of fused-ring (bicyclic) bond motifs is 2. The van der Waals surface area contributed by atoms with Crippen molar-refractivity contribution in [1.82, 2.24) is 0 Å². The van der Waals surface area contributed by atoms with E-state index in [1.807, 2.05) is 20.8 Å². The van der Waals surface area contributed by atoms with Crippen LogP contribution in [0.4, 0.5) is 26.3 Å². The SMILES string of the molecule is C#CC[C@@](C)(CCCC(C)(C)O[Si](C)(C)C)[C@H]1CCC2[C@@H](O[Si](C)(C)C(C)(C)C)CCC[C@@]21C.C1CCOC1.CC(C)(CCC[C@](C)(CC#CC(O)(C(F)(F)F)C(F)(F)F)[C@H]1CCC2[C@@H](O[Si](C)(C)C(C)(C)C)CCC[C@@]21C)O[Si](C)(C)C. The van der Waals surface area contributed by atoms with Gasteiger partial charge in [0.05, 0.1) is 11.2 Å². The zero-order valence-electron chi connectivity index (χ0n) is 57.4. The molecule has 0 aromatic heterocycles. The predicted molar refractivity (Wildman–Crippen MR) is 344 cm³/mol. The van der Waals surface area contributed by atoms with Crippen LogP contribution in [0.2, 0.25) is 75.5 Å². The quantitative estimate of drug-likeness (QED) is 0.0744. The van der Waals surface area contributed by atoms with Gasteiger partial charge in [-0.15, -0.1) is 12.3 Å². The van der Waals surface area contributed by atoms with Crippen molar-refractivity contribution in [1.29, 1.82) is 0 Å². The summed E-state index contributed by atoms with van der Waals surface area (Å²) in [5.74, 6) is 8.26. The van der Waals surface area contributed by atoms with Crippen molar-refractivity contribution in [2.45, 2.75) is 342 Å². The van der Waals surface area contributed by atoms with Crippen molar-refractivity contribution in [3.8, 4) is 24.2 Å². The van der Waals surface area contributed by atoms with Crippen LogP contribution in [0.15, 0.2) is 0 Å². The van der Waals surface area contributed by atoms with Crippen LogP contribution in [0.1, 0.15) is 225 Å². The minimum absolute atomic E-state index is 0.0333. The van der Waals surface area contributed by atoms with Gasteiger partial charge in [0.2, 0.25) is 0 Å². The molecule has 0 spiro atoms. The van der Waals surface area contributed by atoms with Gasteiger partial charge in [-0.25, -0.2) is 0 Å². The first-order valence-corrected chi connectivity index (χ1v) is 44.9. The highest BCUT2D eigenvalue weighted by atomic mass is 28.4. The zero-order chi connectivity index (χ0) is 64.2. The van der Waals surface area contributed by atoms with Gasteiger partial charge in [0, 0.05) is 38.3 Å². The van der Waals surface area contributed by atoms with Crippen molar-refractivity contribution in [2.24, 2.45) is 45.3 Å². The van der Waals surface area contributed by atoms with Crippen molar-refractivity contribution in [2.75, 3.05) is 13.2 Å². The molecular formula is C67H124F6O6Si4. The van der Waals surface area contributed by atoms with E-state index in [2.05, 4.69) is 153 Å². The average molecular weight is 1250 g/mol. The molecule has 0 aromatic carbocycles. The second-order valence-electron chi connectivity index (χ2n) is 34.0. The van der Waals surface area contributed by atoms with Gasteiger partial charge in [0.1, 0.15) is 0 Å². The third-order valence-electron chi connectivity index (χ3n) is 21.4. The monoisotopic (exact) mass is 1250 g/mol. The van der Waals surface area contributed by atoms with Crippen LogP contribution in [-0.4, -0.2) is 93.0 Å². The van der Waals surface area contributed by atoms with Gasteiger partial charge in [-0.2, -0.15) is 26.3 Å². The minimum atomic E-state index is -5.96. The molecule has 4 saturated carbocycles. The number of aliphatic hydroxyl groups is 1. The second kappa shape index (κ2) is 27.8. The molecule has 0 bridgehead atoms. The second-order valence-corrected chi connectivity index (χ2v) is 52.3. The topological polar surface area (TPSA) is 66.4 Å². The molecule has 0 aromatic rings. The van der Waals surface area contributed by atoms with Crippen LogP contribution in [-0.2, 0) is 22.4 Å². The molecule has 0 amide bonds. The Kier molecular flexibility index (Phi) is 25.7. The Morgan fingerprint density at radius 1 is 0.518 bits per heavy atom. The maximum Gasteiger partial charge on any atom is 0.438 e. The summed E-state index contributed by atoms with van der Waals surface area (Å²) in [7, 11) is -7.23. The van der Waals surface area contributed by atoms with Gasteiger partial charge >= 0.3 is 18.0 Å². The number of hydrogen-bond donors (Lipinski definition) is 1. The van der Waals surface area contributed by atoms with Crippen molar-refractivity contribution in [3.63, 3.8) is 0 Å². The molecule has 486 valence electrons. The lowest BCUT2D eigenvalue weighted by Gasteiger charge is -2.52. The first kappa shape index (κ1) is 76.6. The van der Waals surface area contributed by atoms with E-state index in [9.17, 15) is 31.4 Å². The summed E-state index contributed by atoms with van der Waals surface area (Å²) in [6, 6.07) is 0. The van der Waals surface area contributed by atoms with Gasteiger partial charge in [-0.05, 0) is 244 Å². The Labute approximate surface area is 509 Å². The van der Waals surface area contributed by atoms with Crippen LogP contribution in [0.25, 0.3) is 0 Å². The Balaban J connectivity index is 0.000000411. The lowest BCUT2D eigenvalue weighted by atomic mass is 9.56. The van der Waals surface area contributed by atoms with E-state index < -0.39 is 62.2 Å². The lowest BCUT2D eigenvalue weighted by Crippen LogP contribution is -2.55. The number of terminal acetylenes is 1. The first-order chi connectivity index (χ1) is 37.2. The number of ether oxygens (including phenoxy) is 1. The highest BCUT2D eigenvalue weighted by Crippen LogP contribution is 2.65. The molecule has 16 heteroatoms. The normalized spacial score (nSPS) is 28.5. The van der Waals surface area contributed by atoms with Gasteiger partial charge in [-0.1, -0.05) is 101 Å². The number of hydrogen-bond acceptors (Lipinski definition) is 6. The standard InChI is InChI=1S/C33H58F6O3Si2.C30H58O2Si2.C4H8O/c1-27(2,3)44(11,12)41-25-16-13-22-30(7)24(25)17-18-26(30)29(6,20-14-19-28(4,5)42-43(8,9)10)21-15-23-31(40,32(34,35)36)33(37,38)39;1-14-20-29(7,22-16-21-28(5,6)32-33(9,10)11)26-19-18-24-25(17-15-23-30(24,26)8)31-34(12,13)27(2,3)4;1-2-4-5-3-1/h24-26,40H,13-14,16-22H2,1-12H3;1,24-26H,15-23H2,2-13H3;1-4H2/t24?,25-,26+,29+,30-;24?,25-,26+,29-,30-;/m00./s1. The van der Waals surface area contributed by atoms with Crippen molar-refractivity contribution >= 4 is 33.3 Å². The molecule has 1 saturated heterocycles. The lowest BCUT2D eigenvalue weighted by molar-refractivity contribution is -0.343. The molecule has 5 aliphatic rings. The number of alkyl halides is 6. The van der Waals surface area contributed by atoms with E-state index in [4.69, 9.17) is 28.9 Å².